The van der Waals surface area contributed by atoms with Crippen LogP contribution < -0.4 is 4.90 Å². The Balaban J connectivity index is 0.000000183. The average Bonchev–Trinajstić information content (AvgIpc) is 3.70. The largest absolute Gasteiger partial charge is 3.00 e. The predicted octanol–water partition coefficient (Wildman–Crippen LogP) is 8.61. The number of anilines is 1. The van der Waals surface area contributed by atoms with Crippen molar-refractivity contribution in [2.75, 3.05) is 4.90 Å². The zero-order valence-corrected chi connectivity index (χ0v) is 25.6. The van der Waals surface area contributed by atoms with Crippen LogP contribution in [0.3, 0.4) is 0 Å². The minimum absolute atomic E-state index is 0. The summed E-state index contributed by atoms with van der Waals surface area (Å²) >= 11 is 0. The number of benzene rings is 4. The molecule has 0 amide bonds. The minimum atomic E-state index is 0. The van der Waals surface area contributed by atoms with E-state index in [-0.39, 0.29) is 20.1 Å². The maximum absolute atomic E-state index is 4.32. The van der Waals surface area contributed by atoms with Gasteiger partial charge in [-0.05, 0) is 73.5 Å². The summed E-state index contributed by atoms with van der Waals surface area (Å²) in [4.78, 5) is 8.70. The summed E-state index contributed by atoms with van der Waals surface area (Å²) in [6, 6.07) is 38.8. The summed E-state index contributed by atoms with van der Waals surface area (Å²) in [6.07, 6.45) is 6.11. The number of hydrogen-bond acceptors (Lipinski definition) is 3. The number of nitrogens with zero attached hydrogens (tertiary/aromatic N) is 4. The Kier molecular flexibility index (Phi) is 7.25. The van der Waals surface area contributed by atoms with Gasteiger partial charge in [0.2, 0.25) is 0 Å². The fourth-order valence-corrected chi connectivity index (χ4v) is 5.48. The molecule has 0 saturated heterocycles. The van der Waals surface area contributed by atoms with E-state index >= 15 is 0 Å². The van der Waals surface area contributed by atoms with Crippen LogP contribution in [-0.2, 0) is 20.1 Å². The number of pyridine rings is 1. The van der Waals surface area contributed by atoms with E-state index < -0.39 is 0 Å². The van der Waals surface area contributed by atoms with Crippen molar-refractivity contribution < 1.29 is 20.1 Å². The molecule has 4 nitrogen and oxygen atoms in total. The first-order valence-electron chi connectivity index (χ1n) is 13.7. The van der Waals surface area contributed by atoms with Gasteiger partial charge in [-0.15, -0.1) is 53.4 Å². The second kappa shape index (κ2) is 11.0. The Morgan fingerprint density at radius 3 is 2.22 bits per heavy atom. The molecular weight excluding hydrogens is 681 g/mol. The van der Waals surface area contributed by atoms with E-state index in [0.717, 1.165) is 16.9 Å². The van der Waals surface area contributed by atoms with Gasteiger partial charge in [0.05, 0.1) is 0 Å². The Bertz CT molecular complexity index is 1890. The standard InChI is InChI=1S/C24H19N3.C12H10N.Ir/c1-16(2)25-11-12-26(15-25)17-13-20-18-7-3-5-9-22(18)27-23-10-6-4-8-19(23)21(14-17)24(20)27;1-10-7-8-12(13-9-10)11-5-3-2-4-6-11;/h3-13,15-16H,1-2H3;2-5,7-9H,1H3;/q-2;-1;+3. The van der Waals surface area contributed by atoms with Crippen LogP contribution in [0.25, 0.3) is 49.4 Å². The normalized spacial score (nSPS) is 13.0. The predicted molar refractivity (Wildman–Crippen MR) is 166 cm³/mol. The molecule has 4 heterocycles. The molecule has 5 heteroatoms. The number of para-hydroxylation sites is 2. The average molecular weight is 710 g/mol. The van der Waals surface area contributed by atoms with Crippen LogP contribution in [0.5, 0.6) is 0 Å². The molecule has 7 aromatic rings. The van der Waals surface area contributed by atoms with Crippen molar-refractivity contribution in [1.29, 1.82) is 0 Å². The molecule has 0 N–H and O–H groups in total. The van der Waals surface area contributed by atoms with Gasteiger partial charge in [0, 0.05) is 17.2 Å². The van der Waals surface area contributed by atoms with Crippen LogP contribution in [0.2, 0.25) is 0 Å². The molecule has 0 radical (unpaired) electrons. The molecule has 0 spiro atoms. The number of fused-ring (bicyclic) bond motifs is 6. The Morgan fingerprint density at radius 2 is 1.54 bits per heavy atom. The molecule has 3 aromatic heterocycles. The third-order valence-corrected chi connectivity index (χ3v) is 7.53. The van der Waals surface area contributed by atoms with Crippen molar-refractivity contribution in [3.8, 4) is 11.3 Å². The fourth-order valence-electron chi connectivity index (χ4n) is 5.48. The van der Waals surface area contributed by atoms with E-state index in [1.807, 2.05) is 43.5 Å². The van der Waals surface area contributed by atoms with Gasteiger partial charge < -0.3 is 19.2 Å². The molecule has 41 heavy (non-hydrogen) atoms. The fraction of sp³-hybridized carbons (Fsp3) is 0.111. The zero-order valence-electron chi connectivity index (χ0n) is 23.2. The second-order valence-electron chi connectivity index (χ2n) is 10.5. The maximum Gasteiger partial charge on any atom is 3.00 e. The first-order chi connectivity index (χ1) is 19.6. The van der Waals surface area contributed by atoms with Crippen LogP contribution in [-0.4, -0.2) is 20.3 Å². The molecule has 1 aliphatic heterocycles. The van der Waals surface area contributed by atoms with Gasteiger partial charge in [-0.3, -0.25) is 0 Å². The quantitative estimate of drug-likeness (QED) is 0.172. The van der Waals surface area contributed by atoms with E-state index in [4.69, 9.17) is 0 Å². The van der Waals surface area contributed by atoms with Gasteiger partial charge in [-0.2, -0.15) is 6.67 Å². The summed E-state index contributed by atoms with van der Waals surface area (Å²) in [6.45, 7) is 8.57. The Hall–Kier alpha value is -4.18. The van der Waals surface area contributed by atoms with E-state index in [2.05, 4.69) is 125 Å². The number of aromatic nitrogens is 2. The first-order valence-corrected chi connectivity index (χ1v) is 13.7. The Morgan fingerprint density at radius 1 is 0.805 bits per heavy atom. The summed E-state index contributed by atoms with van der Waals surface area (Å²) in [5.41, 5.74) is 8.06. The molecule has 4 aromatic carbocycles. The van der Waals surface area contributed by atoms with Crippen LogP contribution in [0.15, 0.2) is 110 Å². The number of rotatable bonds is 3. The summed E-state index contributed by atoms with van der Waals surface area (Å²) in [5, 5.41) is 5.03. The van der Waals surface area contributed by atoms with Crippen LogP contribution >= 0.6 is 0 Å². The summed E-state index contributed by atoms with van der Waals surface area (Å²) < 4.78 is 2.39. The molecular formula is C36H29IrN4. The maximum atomic E-state index is 4.32. The van der Waals surface area contributed by atoms with E-state index in [1.165, 1.54) is 43.7 Å². The number of aryl methyl sites for hydroxylation is 1. The smallest absolute Gasteiger partial charge is 0.506 e. The molecule has 0 aliphatic carbocycles. The van der Waals surface area contributed by atoms with Crippen LogP contribution in [0.4, 0.5) is 5.69 Å². The first kappa shape index (κ1) is 27.0. The monoisotopic (exact) mass is 710 g/mol. The molecule has 0 atom stereocenters. The van der Waals surface area contributed by atoms with Crippen molar-refractivity contribution >= 4 is 43.8 Å². The van der Waals surface area contributed by atoms with Gasteiger partial charge in [0.1, 0.15) is 0 Å². The topological polar surface area (TPSA) is 23.8 Å². The van der Waals surface area contributed by atoms with Gasteiger partial charge in [0.25, 0.3) is 0 Å². The zero-order chi connectivity index (χ0) is 27.2. The van der Waals surface area contributed by atoms with Gasteiger partial charge in [0.15, 0.2) is 0 Å². The molecule has 202 valence electrons. The second-order valence-corrected chi connectivity index (χ2v) is 10.5. The molecule has 0 fully saturated rings. The molecule has 0 unspecified atom stereocenters. The van der Waals surface area contributed by atoms with Crippen molar-refractivity contribution in [3.05, 3.63) is 134 Å². The molecule has 0 bridgehead atoms. The van der Waals surface area contributed by atoms with Crippen molar-refractivity contribution in [2.24, 2.45) is 0 Å². The molecule has 1 aliphatic rings. The van der Waals surface area contributed by atoms with Crippen molar-refractivity contribution in [3.63, 3.8) is 0 Å². The van der Waals surface area contributed by atoms with Crippen molar-refractivity contribution in [1.82, 2.24) is 14.3 Å². The SMILES string of the molecule is CC(C)N1C=CN(c2[c-]c3c4ccccc4n4c5ccccc5c(c2)c34)[CH-]1.Cc1ccc(-c2[c-]cccc2)nc1.[Ir+3]. The van der Waals surface area contributed by atoms with Gasteiger partial charge in [-0.25, -0.2) is 0 Å². The van der Waals surface area contributed by atoms with E-state index in [1.54, 1.807) is 0 Å². The third kappa shape index (κ3) is 4.76. The van der Waals surface area contributed by atoms with Crippen LogP contribution in [0, 0.1) is 25.7 Å². The summed E-state index contributed by atoms with van der Waals surface area (Å²) in [5.74, 6) is 0. The number of hydrogen-bond donors (Lipinski definition) is 0. The molecule has 8 rings (SSSR count). The summed E-state index contributed by atoms with van der Waals surface area (Å²) in [7, 11) is 0. The molecule has 0 saturated carbocycles. The van der Waals surface area contributed by atoms with Gasteiger partial charge >= 0.3 is 20.1 Å². The van der Waals surface area contributed by atoms with E-state index in [0.29, 0.717) is 6.04 Å². The van der Waals surface area contributed by atoms with E-state index in [9.17, 15) is 0 Å². The van der Waals surface area contributed by atoms with Crippen molar-refractivity contribution in [2.45, 2.75) is 26.8 Å². The minimum Gasteiger partial charge on any atom is -0.506 e. The van der Waals surface area contributed by atoms with Crippen LogP contribution in [0.1, 0.15) is 19.4 Å². The Labute approximate surface area is 254 Å². The van der Waals surface area contributed by atoms with Gasteiger partial charge in [-0.1, -0.05) is 65.0 Å². The third-order valence-electron chi connectivity index (χ3n) is 7.53.